The molecule has 0 aliphatic heterocycles. The van der Waals surface area contributed by atoms with Gasteiger partial charge in [0.15, 0.2) is 6.10 Å². The van der Waals surface area contributed by atoms with Crippen LogP contribution in [0.3, 0.4) is 0 Å². The van der Waals surface area contributed by atoms with Gasteiger partial charge in [0.2, 0.25) is 0 Å². The van der Waals surface area contributed by atoms with E-state index in [4.69, 9.17) is 9.47 Å². The van der Waals surface area contributed by atoms with Crippen molar-refractivity contribution in [2.24, 2.45) is 0 Å². The van der Waals surface area contributed by atoms with Crippen LogP contribution < -0.4 is 14.8 Å². The lowest BCUT2D eigenvalue weighted by Crippen LogP contribution is -2.30. The molecule has 2 aromatic rings. The number of carbonyl (C=O) groups is 1. The summed E-state index contributed by atoms with van der Waals surface area (Å²) in [4.78, 5) is 22.5. The number of nitrogens with zero attached hydrogens (tertiary/aromatic N) is 1. The number of aryl methyl sites for hydroxylation is 1. The fourth-order valence-corrected chi connectivity index (χ4v) is 2.01. The van der Waals surface area contributed by atoms with Crippen molar-refractivity contribution in [1.29, 1.82) is 0 Å². The normalized spacial score (nSPS) is 11.5. The number of nitro benzene ring substituents is 1. The van der Waals surface area contributed by atoms with E-state index >= 15 is 0 Å². The summed E-state index contributed by atoms with van der Waals surface area (Å²) in [5.41, 5.74) is 1.32. The third-order valence-corrected chi connectivity index (χ3v) is 3.36. The number of non-ortho nitro benzene ring substituents is 1. The zero-order valence-corrected chi connectivity index (χ0v) is 13.6. The Morgan fingerprint density at radius 1 is 1.21 bits per heavy atom. The average molecular weight is 330 g/mol. The maximum absolute atomic E-state index is 12.2. The van der Waals surface area contributed by atoms with Gasteiger partial charge in [0, 0.05) is 6.07 Å². The van der Waals surface area contributed by atoms with Gasteiger partial charge in [0.1, 0.15) is 11.5 Å². The van der Waals surface area contributed by atoms with Crippen LogP contribution in [0.5, 0.6) is 11.5 Å². The molecule has 7 nitrogen and oxygen atoms in total. The Morgan fingerprint density at radius 2 is 1.88 bits per heavy atom. The molecule has 24 heavy (non-hydrogen) atoms. The van der Waals surface area contributed by atoms with E-state index in [-0.39, 0.29) is 17.3 Å². The Hall–Kier alpha value is -3.09. The van der Waals surface area contributed by atoms with E-state index in [1.165, 1.54) is 25.3 Å². The summed E-state index contributed by atoms with van der Waals surface area (Å²) in [6, 6.07) is 11.3. The van der Waals surface area contributed by atoms with Crippen LogP contribution in [0.25, 0.3) is 0 Å². The van der Waals surface area contributed by atoms with Crippen LogP contribution in [0, 0.1) is 17.0 Å². The van der Waals surface area contributed by atoms with Crippen LogP contribution in [0.2, 0.25) is 0 Å². The highest BCUT2D eigenvalue weighted by molar-refractivity contribution is 5.95. The molecule has 0 heterocycles. The predicted molar refractivity (Wildman–Crippen MR) is 89.5 cm³/mol. The summed E-state index contributed by atoms with van der Waals surface area (Å²) >= 11 is 0. The minimum absolute atomic E-state index is 0.117. The number of carbonyl (C=O) groups excluding carboxylic acids is 1. The second kappa shape index (κ2) is 7.45. The maximum Gasteiger partial charge on any atom is 0.273 e. The number of benzene rings is 2. The van der Waals surface area contributed by atoms with Gasteiger partial charge >= 0.3 is 0 Å². The fraction of sp³-hybridized carbons (Fsp3) is 0.235. The smallest absolute Gasteiger partial charge is 0.273 e. The lowest BCUT2D eigenvalue weighted by Gasteiger charge is -2.16. The summed E-state index contributed by atoms with van der Waals surface area (Å²) in [5.74, 6) is 0.404. The molecule has 0 fully saturated rings. The van der Waals surface area contributed by atoms with Crippen molar-refractivity contribution in [2.45, 2.75) is 20.0 Å². The molecule has 1 amide bonds. The Labute approximate surface area is 139 Å². The average Bonchev–Trinajstić information content (AvgIpc) is 2.56. The highest BCUT2D eigenvalue weighted by atomic mass is 16.6. The molecule has 0 spiro atoms. The summed E-state index contributed by atoms with van der Waals surface area (Å²) in [7, 11) is 1.38. The first kappa shape index (κ1) is 17.3. The molecule has 1 N–H and O–H groups in total. The molecule has 7 heteroatoms. The van der Waals surface area contributed by atoms with Crippen LogP contribution in [-0.2, 0) is 4.79 Å². The first-order valence-corrected chi connectivity index (χ1v) is 7.27. The minimum atomic E-state index is -0.743. The van der Waals surface area contributed by atoms with Crippen molar-refractivity contribution in [1.82, 2.24) is 0 Å². The standard InChI is InChI=1S/C17H18N2O5/c1-11-4-7-14(8-5-11)24-12(2)17(20)18-15-9-6-13(19(21)22)10-16(15)23-3/h4-10,12H,1-3H3,(H,18,20)/t12-/m0/s1. The molecule has 0 aliphatic rings. The van der Waals surface area contributed by atoms with Gasteiger partial charge in [-0.15, -0.1) is 0 Å². The Bertz CT molecular complexity index is 743. The van der Waals surface area contributed by atoms with Gasteiger partial charge in [-0.1, -0.05) is 17.7 Å². The SMILES string of the molecule is COc1cc([N+](=O)[O-])ccc1NC(=O)[C@H](C)Oc1ccc(C)cc1. The highest BCUT2D eigenvalue weighted by Crippen LogP contribution is 2.29. The van der Waals surface area contributed by atoms with E-state index in [1.807, 2.05) is 19.1 Å². The Kier molecular flexibility index (Phi) is 5.36. The molecule has 0 aromatic heterocycles. The fourth-order valence-electron chi connectivity index (χ4n) is 2.01. The van der Waals surface area contributed by atoms with Crippen LogP contribution >= 0.6 is 0 Å². The molecule has 1 atom stereocenters. The van der Waals surface area contributed by atoms with Crippen LogP contribution in [0.15, 0.2) is 42.5 Å². The van der Waals surface area contributed by atoms with Gasteiger partial charge in [-0.3, -0.25) is 14.9 Å². The third kappa shape index (κ3) is 4.22. The van der Waals surface area contributed by atoms with Gasteiger partial charge < -0.3 is 14.8 Å². The summed E-state index contributed by atoms with van der Waals surface area (Å²) in [6.45, 7) is 3.58. The lowest BCUT2D eigenvalue weighted by molar-refractivity contribution is -0.384. The maximum atomic E-state index is 12.2. The second-order valence-corrected chi connectivity index (χ2v) is 5.20. The van der Waals surface area contributed by atoms with Crippen molar-refractivity contribution in [3.05, 3.63) is 58.1 Å². The third-order valence-electron chi connectivity index (χ3n) is 3.36. The molecular formula is C17H18N2O5. The molecule has 0 saturated heterocycles. The van der Waals surface area contributed by atoms with Crippen molar-refractivity contribution in [3.8, 4) is 11.5 Å². The number of ether oxygens (including phenoxy) is 2. The molecule has 2 rings (SSSR count). The van der Waals surface area contributed by atoms with E-state index < -0.39 is 11.0 Å². The summed E-state index contributed by atoms with van der Waals surface area (Å²) in [5, 5.41) is 13.4. The van der Waals surface area contributed by atoms with Gasteiger partial charge in [-0.05, 0) is 32.0 Å². The predicted octanol–water partition coefficient (Wildman–Crippen LogP) is 3.32. The van der Waals surface area contributed by atoms with Gasteiger partial charge in [-0.25, -0.2) is 0 Å². The Morgan fingerprint density at radius 3 is 2.46 bits per heavy atom. The monoisotopic (exact) mass is 330 g/mol. The second-order valence-electron chi connectivity index (χ2n) is 5.20. The van der Waals surface area contributed by atoms with Crippen LogP contribution in [0.4, 0.5) is 11.4 Å². The van der Waals surface area contributed by atoms with Crippen molar-refractivity contribution >= 4 is 17.3 Å². The number of amides is 1. The summed E-state index contributed by atoms with van der Waals surface area (Å²) < 4.78 is 10.7. The number of nitrogens with one attached hydrogen (secondary N) is 1. The van der Waals surface area contributed by atoms with Gasteiger partial charge in [0.05, 0.1) is 23.8 Å². The largest absolute Gasteiger partial charge is 0.494 e. The Balaban J connectivity index is 2.08. The first-order valence-electron chi connectivity index (χ1n) is 7.27. The van der Waals surface area contributed by atoms with Crippen LogP contribution in [-0.4, -0.2) is 24.0 Å². The van der Waals surface area contributed by atoms with E-state index in [2.05, 4.69) is 5.32 Å². The molecule has 0 bridgehead atoms. The van der Waals surface area contributed by atoms with Gasteiger partial charge in [0.25, 0.3) is 11.6 Å². The van der Waals surface area contributed by atoms with Crippen LogP contribution in [0.1, 0.15) is 12.5 Å². The van der Waals surface area contributed by atoms with E-state index in [0.29, 0.717) is 11.4 Å². The number of hydrogen-bond acceptors (Lipinski definition) is 5. The molecule has 0 unspecified atom stereocenters. The number of rotatable bonds is 6. The van der Waals surface area contributed by atoms with E-state index in [1.54, 1.807) is 19.1 Å². The molecule has 2 aromatic carbocycles. The zero-order chi connectivity index (χ0) is 17.7. The first-order chi connectivity index (χ1) is 11.4. The van der Waals surface area contributed by atoms with Crippen molar-refractivity contribution in [2.75, 3.05) is 12.4 Å². The molecular weight excluding hydrogens is 312 g/mol. The van der Waals surface area contributed by atoms with E-state index in [0.717, 1.165) is 5.56 Å². The molecule has 0 saturated carbocycles. The van der Waals surface area contributed by atoms with Crippen molar-refractivity contribution in [3.63, 3.8) is 0 Å². The minimum Gasteiger partial charge on any atom is -0.494 e. The summed E-state index contributed by atoms with van der Waals surface area (Å²) in [6.07, 6.45) is -0.743. The molecule has 126 valence electrons. The zero-order valence-electron chi connectivity index (χ0n) is 13.6. The molecule has 0 radical (unpaired) electrons. The van der Waals surface area contributed by atoms with Gasteiger partial charge in [-0.2, -0.15) is 0 Å². The quantitative estimate of drug-likeness (QED) is 0.648. The number of nitro groups is 1. The number of hydrogen-bond donors (Lipinski definition) is 1. The van der Waals surface area contributed by atoms with Crippen molar-refractivity contribution < 1.29 is 19.2 Å². The number of anilines is 1. The van der Waals surface area contributed by atoms with E-state index in [9.17, 15) is 14.9 Å². The topological polar surface area (TPSA) is 90.7 Å². The highest BCUT2D eigenvalue weighted by Gasteiger charge is 2.18. The molecule has 0 aliphatic carbocycles. The number of methoxy groups -OCH3 is 1. The lowest BCUT2D eigenvalue weighted by atomic mass is 10.2.